The molecule has 0 bridgehead atoms. The molecule has 0 amide bonds. The summed E-state index contributed by atoms with van der Waals surface area (Å²) < 4.78 is 11.1. The summed E-state index contributed by atoms with van der Waals surface area (Å²) in [7, 11) is 3.01. The summed E-state index contributed by atoms with van der Waals surface area (Å²) >= 11 is 6.26. The van der Waals surface area contributed by atoms with Gasteiger partial charge >= 0.3 is 0 Å². The largest absolute Gasteiger partial charge is 0.346 e. The van der Waals surface area contributed by atoms with Crippen LogP contribution in [0.5, 0.6) is 0 Å². The Kier molecular flexibility index (Phi) is 3.45. The fourth-order valence-corrected chi connectivity index (χ4v) is 2.29. The normalized spacial score (nSPS) is 21.1. The van der Waals surface area contributed by atoms with Gasteiger partial charge in [-0.25, -0.2) is 0 Å². The highest BCUT2D eigenvalue weighted by Gasteiger charge is 2.32. The van der Waals surface area contributed by atoms with E-state index in [4.69, 9.17) is 9.47 Å². The minimum atomic E-state index is -0.953. The van der Waals surface area contributed by atoms with E-state index < -0.39 is 5.79 Å². The molecule has 1 aliphatic rings. The highest BCUT2D eigenvalue weighted by molar-refractivity contribution is 9.13. The highest BCUT2D eigenvalue weighted by atomic mass is 79.9. The topological polar surface area (TPSA) is 35.5 Å². The fraction of sp³-hybridized carbons (Fsp3) is 0.375. The van der Waals surface area contributed by atoms with Gasteiger partial charge in [0.15, 0.2) is 0 Å². The van der Waals surface area contributed by atoms with E-state index in [0.29, 0.717) is 8.96 Å². The molecule has 0 radical (unpaired) electrons. The van der Waals surface area contributed by atoms with E-state index in [1.54, 1.807) is 12.2 Å². The van der Waals surface area contributed by atoms with Gasteiger partial charge in [0.1, 0.15) is 0 Å². The zero-order valence-electron chi connectivity index (χ0n) is 7.14. The van der Waals surface area contributed by atoms with Gasteiger partial charge in [-0.05, 0) is 44.0 Å². The number of hydrogen-bond acceptors (Lipinski definition) is 3. The summed E-state index contributed by atoms with van der Waals surface area (Å²) in [6.45, 7) is 0. The molecule has 0 aliphatic heterocycles. The van der Waals surface area contributed by atoms with E-state index in [0.717, 1.165) is 0 Å². The molecule has 0 fully saturated rings. The van der Waals surface area contributed by atoms with E-state index in [9.17, 15) is 4.79 Å². The van der Waals surface area contributed by atoms with Gasteiger partial charge in [0.05, 0.1) is 8.96 Å². The van der Waals surface area contributed by atoms with E-state index in [1.807, 2.05) is 0 Å². The monoisotopic (exact) mass is 310 g/mol. The Morgan fingerprint density at radius 2 is 1.54 bits per heavy atom. The van der Waals surface area contributed by atoms with Crippen LogP contribution in [0.1, 0.15) is 0 Å². The predicted octanol–water partition coefficient (Wildman–Crippen LogP) is 2.12. The van der Waals surface area contributed by atoms with Crippen molar-refractivity contribution in [3.8, 4) is 0 Å². The number of halogens is 2. The summed E-state index contributed by atoms with van der Waals surface area (Å²) in [5.41, 5.74) is 0. The van der Waals surface area contributed by atoms with Crippen LogP contribution >= 0.6 is 31.9 Å². The third-order valence-corrected chi connectivity index (χ3v) is 2.91. The number of carbonyl (C=O) groups excluding carboxylic acids is 1. The fourth-order valence-electron chi connectivity index (χ4n) is 0.959. The molecular weight excluding hydrogens is 304 g/mol. The van der Waals surface area contributed by atoms with Gasteiger partial charge in [-0.2, -0.15) is 0 Å². The van der Waals surface area contributed by atoms with Crippen molar-refractivity contribution in [1.29, 1.82) is 0 Å². The minimum Gasteiger partial charge on any atom is -0.346 e. The smallest absolute Gasteiger partial charge is 0.210 e. The maximum Gasteiger partial charge on any atom is 0.210 e. The number of allylic oxidation sites excluding steroid dienone is 2. The van der Waals surface area contributed by atoms with Gasteiger partial charge < -0.3 is 9.47 Å². The average Bonchev–Trinajstić information content (AvgIpc) is 2.13. The quantitative estimate of drug-likeness (QED) is 0.733. The Morgan fingerprint density at radius 1 is 1.15 bits per heavy atom. The van der Waals surface area contributed by atoms with Crippen LogP contribution in [0, 0.1) is 0 Å². The van der Waals surface area contributed by atoms with Crippen LogP contribution in [0.4, 0.5) is 0 Å². The molecule has 0 unspecified atom stereocenters. The molecule has 0 aromatic rings. The summed E-state index contributed by atoms with van der Waals surface area (Å²) in [6, 6.07) is 0. The number of ether oxygens (including phenoxy) is 2. The first kappa shape index (κ1) is 11.1. The second-order valence-electron chi connectivity index (χ2n) is 2.44. The molecule has 1 rings (SSSR count). The molecule has 0 saturated heterocycles. The number of Topliss-reactive ketones (excluding diaryl/α,β-unsaturated/α-hetero) is 1. The lowest BCUT2D eigenvalue weighted by Gasteiger charge is -2.27. The van der Waals surface area contributed by atoms with Gasteiger partial charge in [-0.15, -0.1) is 0 Å². The summed E-state index contributed by atoms with van der Waals surface area (Å²) in [6.07, 6.45) is 3.14. The van der Waals surface area contributed by atoms with E-state index in [-0.39, 0.29) is 5.78 Å². The molecule has 1 aliphatic carbocycles. The summed E-state index contributed by atoms with van der Waals surface area (Å²) in [5.74, 6) is -1.07. The first-order valence-electron chi connectivity index (χ1n) is 3.46. The van der Waals surface area contributed by atoms with E-state index in [2.05, 4.69) is 31.9 Å². The van der Waals surface area contributed by atoms with Crippen molar-refractivity contribution in [2.45, 2.75) is 5.79 Å². The standard InChI is InChI=1S/C8H8Br2O3/c1-12-8(13-2)3-5(9)7(11)6(10)4-8/h3-4H,1-2H3. The van der Waals surface area contributed by atoms with Crippen molar-refractivity contribution >= 4 is 37.6 Å². The molecule has 0 atom stereocenters. The van der Waals surface area contributed by atoms with Gasteiger partial charge in [-0.1, -0.05) is 0 Å². The third-order valence-electron chi connectivity index (χ3n) is 1.73. The molecule has 0 saturated carbocycles. The Hall–Kier alpha value is 0.0300. The molecule has 0 heterocycles. The predicted molar refractivity (Wildman–Crippen MR) is 55.8 cm³/mol. The summed E-state index contributed by atoms with van der Waals surface area (Å²) in [5, 5.41) is 0. The first-order valence-corrected chi connectivity index (χ1v) is 5.05. The van der Waals surface area contributed by atoms with Gasteiger partial charge in [-0.3, -0.25) is 4.79 Å². The van der Waals surface area contributed by atoms with Crippen molar-refractivity contribution < 1.29 is 14.3 Å². The lowest BCUT2D eigenvalue weighted by Crippen LogP contribution is -2.32. The molecular formula is C8H8Br2O3. The molecule has 0 N–H and O–H groups in total. The van der Waals surface area contributed by atoms with Crippen LogP contribution in [0.25, 0.3) is 0 Å². The number of hydrogen-bond donors (Lipinski definition) is 0. The SMILES string of the molecule is COC1(OC)C=C(Br)C(=O)C(Br)=C1. The van der Waals surface area contributed by atoms with Gasteiger partial charge in [0.2, 0.25) is 11.6 Å². The minimum absolute atomic E-state index is 0.121. The molecule has 72 valence electrons. The van der Waals surface area contributed by atoms with Crippen molar-refractivity contribution in [2.75, 3.05) is 14.2 Å². The number of rotatable bonds is 2. The van der Waals surface area contributed by atoms with Crippen molar-refractivity contribution in [2.24, 2.45) is 0 Å². The van der Waals surface area contributed by atoms with Crippen LogP contribution in [0.15, 0.2) is 21.1 Å². The Morgan fingerprint density at radius 3 is 1.85 bits per heavy atom. The lowest BCUT2D eigenvalue weighted by molar-refractivity contribution is -0.136. The van der Waals surface area contributed by atoms with E-state index >= 15 is 0 Å². The second-order valence-corrected chi connectivity index (χ2v) is 4.15. The van der Waals surface area contributed by atoms with E-state index in [1.165, 1.54) is 14.2 Å². The number of ketones is 1. The number of carbonyl (C=O) groups is 1. The third kappa shape index (κ3) is 2.10. The zero-order chi connectivity index (χ0) is 10.1. The molecule has 5 heteroatoms. The van der Waals surface area contributed by atoms with Crippen LogP contribution in [0.2, 0.25) is 0 Å². The molecule has 0 spiro atoms. The molecule has 3 nitrogen and oxygen atoms in total. The molecule has 13 heavy (non-hydrogen) atoms. The zero-order valence-corrected chi connectivity index (χ0v) is 10.3. The average molecular weight is 312 g/mol. The van der Waals surface area contributed by atoms with Crippen LogP contribution in [-0.4, -0.2) is 25.8 Å². The molecule has 0 aromatic carbocycles. The first-order chi connectivity index (χ1) is 6.04. The maximum absolute atomic E-state index is 11.3. The van der Waals surface area contributed by atoms with Crippen molar-refractivity contribution in [3.63, 3.8) is 0 Å². The van der Waals surface area contributed by atoms with Crippen molar-refractivity contribution in [3.05, 3.63) is 21.1 Å². The van der Waals surface area contributed by atoms with Gasteiger partial charge in [0, 0.05) is 14.2 Å². The van der Waals surface area contributed by atoms with Crippen LogP contribution in [0.3, 0.4) is 0 Å². The Balaban J connectivity index is 3.10. The van der Waals surface area contributed by atoms with Crippen LogP contribution < -0.4 is 0 Å². The van der Waals surface area contributed by atoms with Crippen LogP contribution in [-0.2, 0) is 14.3 Å². The lowest BCUT2D eigenvalue weighted by atomic mass is 10.1. The highest BCUT2D eigenvalue weighted by Crippen LogP contribution is 2.31. The summed E-state index contributed by atoms with van der Waals surface area (Å²) in [4.78, 5) is 11.3. The van der Waals surface area contributed by atoms with Gasteiger partial charge in [0.25, 0.3) is 0 Å². The Bertz CT molecular complexity index is 266. The second kappa shape index (κ2) is 4.04. The van der Waals surface area contributed by atoms with Crippen molar-refractivity contribution in [1.82, 2.24) is 0 Å². The molecule has 0 aromatic heterocycles. The number of methoxy groups -OCH3 is 2. The Labute approximate surface area is 93.0 Å². The maximum atomic E-state index is 11.3.